The van der Waals surface area contributed by atoms with Crippen LogP contribution in [0, 0.1) is 13.8 Å². The first-order chi connectivity index (χ1) is 14.1. The summed E-state index contributed by atoms with van der Waals surface area (Å²) in [6.45, 7) is 8.36. The second kappa shape index (κ2) is 7.00. The Morgan fingerprint density at radius 3 is 2.83 bits per heavy atom. The van der Waals surface area contributed by atoms with Crippen molar-refractivity contribution < 1.29 is 4.79 Å². The average molecular weight is 392 g/mol. The van der Waals surface area contributed by atoms with Crippen LogP contribution in [0.4, 0.5) is 22.1 Å². The van der Waals surface area contributed by atoms with Crippen molar-refractivity contribution in [3.05, 3.63) is 41.6 Å². The number of fused-ring (bicyclic) bond motifs is 2. The van der Waals surface area contributed by atoms with Crippen LogP contribution < -0.4 is 20.4 Å². The van der Waals surface area contributed by atoms with Gasteiger partial charge in [0.25, 0.3) is 0 Å². The van der Waals surface area contributed by atoms with E-state index in [1.807, 2.05) is 24.3 Å². The minimum atomic E-state index is -0.209. The molecular formula is C20H24N8O. The predicted octanol–water partition coefficient (Wildman–Crippen LogP) is 1.75. The lowest BCUT2D eigenvalue weighted by atomic mass is 10.1. The summed E-state index contributed by atoms with van der Waals surface area (Å²) in [6.07, 6.45) is 4.41. The summed E-state index contributed by atoms with van der Waals surface area (Å²) in [4.78, 5) is 30.5. The van der Waals surface area contributed by atoms with Gasteiger partial charge < -0.3 is 10.2 Å². The second-order valence-corrected chi connectivity index (χ2v) is 7.50. The molecule has 0 unspecified atom stereocenters. The molecule has 150 valence electrons. The van der Waals surface area contributed by atoms with Crippen LogP contribution in [0.2, 0.25) is 0 Å². The molecule has 3 aromatic rings. The molecule has 0 saturated carbocycles. The maximum Gasteiger partial charge on any atom is 0.328 e. The van der Waals surface area contributed by atoms with E-state index in [-0.39, 0.29) is 6.03 Å². The summed E-state index contributed by atoms with van der Waals surface area (Å²) in [6, 6.07) is 3.75. The maximum absolute atomic E-state index is 13.0. The van der Waals surface area contributed by atoms with E-state index >= 15 is 0 Å². The molecule has 0 atom stereocenters. The molecule has 0 aliphatic carbocycles. The summed E-state index contributed by atoms with van der Waals surface area (Å²) in [5, 5.41) is 6.30. The monoisotopic (exact) mass is 392 g/mol. The molecule has 2 aliphatic rings. The van der Waals surface area contributed by atoms with E-state index in [4.69, 9.17) is 0 Å². The molecule has 2 aliphatic heterocycles. The zero-order chi connectivity index (χ0) is 20.0. The standard InChI is InChI=1S/C20H24N8O/c1-13-11-18-24-17(12-28(18)14(2)23-13)25-20(29)27-8-4-15-16(3-5-22-19(15)27)26-9-6-21-7-10-26/h3,5,11-12,21H,4,6-10H2,1-2H3,(H,25,29). The quantitative estimate of drug-likeness (QED) is 0.691. The number of hydrogen-bond donors (Lipinski definition) is 2. The SMILES string of the molecule is Cc1cc2nc(NC(=O)N3CCc4c(N5CCNCC5)ccnc43)cn2c(C)n1. The molecule has 1 fully saturated rings. The molecule has 2 amide bonds. The Labute approximate surface area is 168 Å². The lowest BCUT2D eigenvalue weighted by Crippen LogP contribution is -2.43. The molecule has 0 spiro atoms. The maximum atomic E-state index is 13.0. The Morgan fingerprint density at radius 1 is 1.17 bits per heavy atom. The fourth-order valence-corrected chi connectivity index (χ4v) is 4.19. The van der Waals surface area contributed by atoms with Gasteiger partial charge in [0.05, 0.1) is 6.20 Å². The number of amides is 2. The normalized spacial score (nSPS) is 16.3. The summed E-state index contributed by atoms with van der Waals surface area (Å²) in [5.74, 6) is 2.09. The number of urea groups is 1. The average Bonchev–Trinajstić information content (AvgIpc) is 3.32. The summed E-state index contributed by atoms with van der Waals surface area (Å²) >= 11 is 0. The van der Waals surface area contributed by atoms with E-state index < -0.39 is 0 Å². The Kier molecular flexibility index (Phi) is 4.31. The van der Waals surface area contributed by atoms with Gasteiger partial charge in [-0.15, -0.1) is 0 Å². The van der Waals surface area contributed by atoms with Crippen LogP contribution in [0.5, 0.6) is 0 Å². The van der Waals surface area contributed by atoms with E-state index in [1.165, 1.54) is 5.69 Å². The van der Waals surface area contributed by atoms with Gasteiger partial charge in [-0.2, -0.15) is 0 Å². The van der Waals surface area contributed by atoms with Crippen molar-refractivity contribution >= 4 is 29.0 Å². The van der Waals surface area contributed by atoms with Crippen LogP contribution in [0.1, 0.15) is 17.1 Å². The third-order valence-electron chi connectivity index (χ3n) is 5.55. The molecular weight excluding hydrogens is 368 g/mol. The lowest BCUT2D eigenvalue weighted by Gasteiger charge is -2.30. The van der Waals surface area contributed by atoms with Crippen molar-refractivity contribution in [2.45, 2.75) is 20.3 Å². The minimum absolute atomic E-state index is 0.209. The van der Waals surface area contributed by atoms with Gasteiger partial charge >= 0.3 is 6.03 Å². The van der Waals surface area contributed by atoms with Gasteiger partial charge in [0, 0.05) is 61.9 Å². The van der Waals surface area contributed by atoms with Crippen LogP contribution in [-0.2, 0) is 6.42 Å². The highest BCUT2D eigenvalue weighted by atomic mass is 16.2. The molecule has 9 heteroatoms. The van der Waals surface area contributed by atoms with Gasteiger partial charge in [-0.1, -0.05) is 0 Å². The van der Waals surface area contributed by atoms with Gasteiger partial charge in [0.15, 0.2) is 5.82 Å². The number of piperazine rings is 1. The molecule has 29 heavy (non-hydrogen) atoms. The second-order valence-electron chi connectivity index (χ2n) is 7.50. The van der Waals surface area contributed by atoms with Crippen molar-refractivity contribution in [3.8, 4) is 0 Å². The highest BCUT2D eigenvalue weighted by molar-refractivity contribution is 6.02. The summed E-state index contributed by atoms with van der Waals surface area (Å²) < 4.78 is 1.88. The van der Waals surface area contributed by atoms with E-state index in [9.17, 15) is 4.79 Å². The number of carbonyl (C=O) groups excluding carboxylic acids is 1. The van der Waals surface area contributed by atoms with Gasteiger partial charge in [-0.25, -0.2) is 19.7 Å². The molecule has 0 radical (unpaired) electrons. The van der Waals surface area contributed by atoms with E-state index in [0.717, 1.165) is 61.1 Å². The highest BCUT2D eigenvalue weighted by Gasteiger charge is 2.30. The fourth-order valence-electron chi connectivity index (χ4n) is 4.19. The first-order valence-electron chi connectivity index (χ1n) is 9.95. The van der Waals surface area contributed by atoms with Gasteiger partial charge in [-0.3, -0.25) is 14.6 Å². The van der Waals surface area contributed by atoms with Crippen LogP contribution in [0.15, 0.2) is 24.5 Å². The Morgan fingerprint density at radius 2 is 2.00 bits per heavy atom. The predicted molar refractivity (Wildman–Crippen MR) is 112 cm³/mol. The number of anilines is 3. The molecule has 0 bridgehead atoms. The van der Waals surface area contributed by atoms with Crippen molar-refractivity contribution in [3.63, 3.8) is 0 Å². The molecule has 1 saturated heterocycles. The molecule has 5 heterocycles. The number of carbonyl (C=O) groups is 1. The number of nitrogens with zero attached hydrogens (tertiary/aromatic N) is 6. The van der Waals surface area contributed by atoms with E-state index in [0.29, 0.717) is 12.4 Å². The number of imidazole rings is 1. The lowest BCUT2D eigenvalue weighted by molar-refractivity contribution is 0.257. The molecule has 5 rings (SSSR count). The van der Waals surface area contributed by atoms with E-state index in [1.54, 1.807) is 17.3 Å². The molecule has 3 aromatic heterocycles. The highest BCUT2D eigenvalue weighted by Crippen LogP contribution is 2.34. The van der Waals surface area contributed by atoms with E-state index in [2.05, 4.69) is 36.6 Å². The number of hydrogen-bond acceptors (Lipinski definition) is 6. The molecule has 9 nitrogen and oxygen atoms in total. The third-order valence-corrected chi connectivity index (χ3v) is 5.55. The van der Waals surface area contributed by atoms with Crippen molar-refractivity contribution in [2.75, 3.05) is 47.8 Å². The van der Waals surface area contributed by atoms with Gasteiger partial charge in [0.2, 0.25) is 0 Å². The molecule has 0 aromatic carbocycles. The Bertz CT molecular complexity index is 1090. The minimum Gasteiger partial charge on any atom is -0.369 e. The number of nitrogens with one attached hydrogen (secondary N) is 2. The number of aryl methyl sites for hydroxylation is 2. The van der Waals surface area contributed by atoms with Crippen LogP contribution in [-0.4, -0.2) is 58.1 Å². The first-order valence-corrected chi connectivity index (χ1v) is 9.95. The smallest absolute Gasteiger partial charge is 0.328 e. The zero-order valence-corrected chi connectivity index (χ0v) is 16.6. The van der Waals surface area contributed by atoms with Crippen molar-refractivity contribution in [2.24, 2.45) is 0 Å². The molecule has 2 N–H and O–H groups in total. The number of rotatable bonds is 2. The Balaban J connectivity index is 1.39. The number of pyridine rings is 1. The topological polar surface area (TPSA) is 90.7 Å². The summed E-state index contributed by atoms with van der Waals surface area (Å²) in [7, 11) is 0. The van der Waals surface area contributed by atoms with Crippen LogP contribution >= 0.6 is 0 Å². The van der Waals surface area contributed by atoms with Crippen LogP contribution in [0.25, 0.3) is 5.65 Å². The van der Waals surface area contributed by atoms with Crippen molar-refractivity contribution in [1.82, 2.24) is 24.7 Å². The zero-order valence-electron chi connectivity index (χ0n) is 16.6. The van der Waals surface area contributed by atoms with Gasteiger partial charge in [0.1, 0.15) is 17.3 Å². The third kappa shape index (κ3) is 3.17. The van der Waals surface area contributed by atoms with Gasteiger partial charge in [-0.05, 0) is 26.3 Å². The Hall–Kier alpha value is -3.20. The van der Waals surface area contributed by atoms with Crippen LogP contribution in [0.3, 0.4) is 0 Å². The summed E-state index contributed by atoms with van der Waals surface area (Å²) in [5.41, 5.74) is 4.01. The first kappa shape index (κ1) is 17.9. The fraction of sp³-hybridized carbons (Fsp3) is 0.400. The largest absolute Gasteiger partial charge is 0.369 e. The number of aromatic nitrogens is 4. The van der Waals surface area contributed by atoms with Crippen molar-refractivity contribution in [1.29, 1.82) is 0 Å².